The van der Waals surface area contributed by atoms with Crippen LogP contribution in [0.3, 0.4) is 0 Å². The Morgan fingerprint density at radius 1 is 1.38 bits per heavy atom. The summed E-state index contributed by atoms with van der Waals surface area (Å²) in [5.74, 6) is -1.87. The second-order valence-corrected chi connectivity index (χ2v) is 6.15. The van der Waals surface area contributed by atoms with Crippen LogP contribution in [0.4, 0.5) is 8.78 Å². The highest BCUT2D eigenvalue weighted by Crippen LogP contribution is 2.33. The van der Waals surface area contributed by atoms with Crippen LogP contribution in [0.25, 0.3) is 0 Å². The topological polar surface area (TPSA) is 56.9 Å². The maximum Gasteiger partial charge on any atom is 0.188 e. The SMILES string of the molecule is CCOC(=N)C(CCCCl)c1cc(C(C)(C)C#N)c(F)cc1F.Cl. The first-order chi connectivity index (χ1) is 10.8. The lowest BCUT2D eigenvalue weighted by atomic mass is 9.82. The maximum atomic E-state index is 14.3. The molecule has 0 saturated carbocycles. The molecule has 1 aromatic carbocycles. The van der Waals surface area contributed by atoms with Gasteiger partial charge in [0.1, 0.15) is 11.6 Å². The number of halogens is 4. The molecule has 0 bridgehead atoms. The molecule has 1 atom stereocenters. The van der Waals surface area contributed by atoms with Crippen LogP contribution < -0.4 is 0 Å². The Morgan fingerprint density at radius 3 is 2.50 bits per heavy atom. The molecule has 1 rings (SSSR count). The summed E-state index contributed by atoms with van der Waals surface area (Å²) >= 11 is 5.70. The van der Waals surface area contributed by atoms with Gasteiger partial charge in [-0.15, -0.1) is 24.0 Å². The van der Waals surface area contributed by atoms with E-state index < -0.39 is 23.0 Å². The summed E-state index contributed by atoms with van der Waals surface area (Å²) in [5.41, 5.74) is -0.831. The summed E-state index contributed by atoms with van der Waals surface area (Å²) in [5, 5.41) is 17.2. The Kier molecular flexibility index (Phi) is 9.24. The van der Waals surface area contributed by atoms with Crippen molar-refractivity contribution in [3.05, 3.63) is 34.9 Å². The van der Waals surface area contributed by atoms with E-state index in [1.807, 2.05) is 6.07 Å². The third-order valence-corrected chi connectivity index (χ3v) is 3.92. The van der Waals surface area contributed by atoms with E-state index >= 15 is 0 Å². The van der Waals surface area contributed by atoms with Crippen LogP contribution in [0.5, 0.6) is 0 Å². The molecule has 1 N–H and O–H groups in total. The predicted octanol–water partition coefficient (Wildman–Crippen LogP) is 5.30. The molecule has 134 valence electrons. The molecule has 7 heteroatoms. The fraction of sp³-hybridized carbons (Fsp3) is 0.529. The van der Waals surface area contributed by atoms with Gasteiger partial charge in [-0.25, -0.2) is 8.78 Å². The smallest absolute Gasteiger partial charge is 0.188 e. The fourth-order valence-electron chi connectivity index (χ4n) is 2.34. The maximum absolute atomic E-state index is 14.3. The van der Waals surface area contributed by atoms with Gasteiger partial charge in [-0.3, -0.25) is 5.41 Å². The first-order valence-electron chi connectivity index (χ1n) is 7.46. The average molecular weight is 379 g/mol. The summed E-state index contributed by atoms with van der Waals surface area (Å²) in [6.07, 6.45) is 0.979. The van der Waals surface area contributed by atoms with Gasteiger partial charge >= 0.3 is 0 Å². The molecule has 0 spiro atoms. The van der Waals surface area contributed by atoms with Gasteiger partial charge in [-0.2, -0.15) is 5.26 Å². The Hall–Kier alpha value is -1.38. The standard InChI is InChI=1S/C17H21ClF2N2O.ClH/c1-4-23-16(22)11(6-5-7-18)12-8-13(17(2,3)10-21)15(20)9-14(12)19;/h8-9,11,22H,4-7H2,1-3H3;1H. The van der Waals surface area contributed by atoms with E-state index in [9.17, 15) is 14.0 Å². The zero-order chi connectivity index (χ0) is 17.6. The molecular formula is C17H22Cl2F2N2O. The van der Waals surface area contributed by atoms with E-state index in [1.165, 1.54) is 6.07 Å². The van der Waals surface area contributed by atoms with Crippen LogP contribution >= 0.6 is 24.0 Å². The Balaban J connectivity index is 0.00000529. The van der Waals surface area contributed by atoms with Crippen molar-refractivity contribution in [3.8, 4) is 6.07 Å². The van der Waals surface area contributed by atoms with Crippen LogP contribution in [0, 0.1) is 28.4 Å². The highest BCUT2D eigenvalue weighted by molar-refractivity contribution is 6.17. The van der Waals surface area contributed by atoms with Crippen LogP contribution in [-0.2, 0) is 10.2 Å². The molecule has 24 heavy (non-hydrogen) atoms. The highest BCUT2D eigenvalue weighted by Gasteiger charge is 2.29. The largest absolute Gasteiger partial charge is 0.481 e. The van der Waals surface area contributed by atoms with Crippen molar-refractivity contribution in [1.82, 2.24) is 0 Å². The molecule has 3 nitrogen and oxygen atoms in total. The summed E-state index contributed by atoms with van der Waals surface area (Å²) in [6, 6.07) is 4.12. The summed E-state index contributed by atoms with van der Waals surface area (Å²) in [6.45, 7) is 5.15. The van der Waals surface area contributed by atoms with Crippen LogP contribution in [0.2, 0.25) is 0 Å². The number of nitrogens with zero attached hydrogens (tertiary/aromatic N) is 1. The Labute approximate surface area is 152 Å². The lowest BCUT2D eigenvalue weighted by molar-refractivity contribution is 0.304. The van der Waals surface area contributed by atoms with Crippen LogP contribution in [0.1, 0.15) is 50.7 Å². The number of nitriles is 1. The van der Waals surface area contributed by atoms with Gasteiger partial charge in [0, 0.05) is 23.1 Å². The molecule has 1 aromatic rings. The number of benzene rings is 1. The van der Waals surface area contributed by atoms with E-state index in [1.54, 1.807) is 20.8 Å². The Morgan fingerprint density at radius 2 is 2.00 bits per heavy atom. The molecule has 0 aliphatic carbocycles. The molecule has 0 aliphatic rings. The van der Waals surface area contributed by atoms with Crippen molar-refractivity contribution in [2.24, 2.45) is 0 Å². The molecule has 0 heterocycles. The van der Waals surface area contributed by atoms with Gasteiger partial charge in [0.2, 0.25) is 0 Å². The van der Waals surface area contributed by atoms with Crippen molar-refractivity contribution in [2.45, 2.75) is 44.9 Å². The molecule has 0 amide bonds. The minimum absolute atomic E-state index is 0. The first kappa shape index (κ1) is 22.6. The van der Waals surface area contributed by atoms with Gasteiger partial charge < -0.3 is 4.74 Å². The quantitative estimate of drug-likeness (QED) is 0.397. The summed E-state index contributed by atoms with van der Waals surface area (Å²) < 4.78 is 33.6. The number of ether oxygens (including phenoxy) is 1. The van der Waals surface area contributed by atoms with Crippen molar-refractivity contribution >= 4 is 29.9 Å². The zero-order valence-corrected chi connectivity index (χ0v) is 15.5. The number of rotatable bonds is 7. The summed E-state index contributed by atoms with van der Waals surface area (Å²) in [4.78, 5) is 0. The van der Waals surface area contributed by atoms with Gasteiger partial charge in [-0.1, -0.05) is 0 Å². The molecular weight excluding hydrogens is 357 g/mol. The number of hydrogen-bond donors (Lipinski definition) is 1. The Bertz CT molecular complexity index is 615. The molecule has 0 radical (unpaired) electrons. The first-order valence-corrected chi connectivity index (χ1v) is 7.99. The lowest BCUT2D eigenvalue weighted by Gasteiger charge is -2.23. The fourth-order valence-corrected chi connectivity index (χ4v) is 2.49. The number of alkyl halides is 1. The van der Waals surface area contributed by atoms with E-state index in [4.69, 9.17) is 21.7 Å². The van der Waals surface area contributed by atoms with Gasteiger partial charge in [0.25, 0.3) is 0 Å². The molecule has 0 aromatic heterocycles. The third-order valence-electron chi connectivity index (χ3n) is 3.66. The van der Waals surface area contributed by atoms with Gasteiger partial charge in [-0.05, 0) is 39.7 Å². The third kappa shape index (κ3) is 5.32. The van der Waals surface area contributed by atoms with E-state index in [2.05, 4.69) is 0 Å². The van der Waals surface area contributed by atoms with Crippen molar-refractivity contribution < 1.29 is 13.5 Å². The molecule has 1 unspecified atom stereocenters. The van der Waals surface area contributed by atoms with Gasteiger partial charge in [0.15, 0.2) is 5.90 Å². The number of hydrogen-bond acceptors (Lipinski definition) is 3. The van der Waals surface area contributed by atoms with E-state index in [0.717, 1.165) is 6.07 Å². The van der Waals surface area contributed by atoms with Crippen molar-refractivity contribution in [3.63, 3.8) is 0 Å². The van der Waals surface area contributed by atoms with Crippen molar-refractivity contribution in [1.29, 1.82) is 10.7 Å². The lowest BCUT2D eigenvalue weighted by Crippen LogP contribution is -2.21. The highest BCUT2D eigenvalue weighted by atomic mass is 35.5. The minimum atomic E-state index is -1.10. The second-order valence-electron chi connectivity index (χ2n) is 5.77. The van der Waals surface area contributed by atoms with Crippen LogP contribution in [0.15, 0.2) is 12.1 Å². The molecule has 0 fully saturated rings. The van der Waals surface area contributed by atoms with Gasteiger partial charge in [0.05, 0.1) is 24.0 Å². The van der Waals surface area contributed by atoms with E-state index in [-0.39, 0.29) is 36.0 Å². The van der Waals surface area contributed by atoms with Crippen molar-refractivity contribution in [2.75, 3.05) is 12.5 Å². The average Bonchev–Trinajstić information content (AvgIpc) is 2.49. The monoisotopic (exact) mass is 378 g/mol. The normalized spacial score (nSPS) is 12.0. The molecule has 0 aliphatic heterocycles. The zero-order valence-electron chi connectivity index (χ0n) is 14.0. The minimum Gasteiger partial charge on any atom is -0.481 e. The summed E-state index contributed by atoms with van der Waals surface area (Å²) in [7, 11) is 0. The van der Waals surface area contributed by atoms with Crippen LogP contribution in [-0.4, -0.2) is 18.4 Å². The van der Waals surface area contributed by atoms with E-state index in [0.29, 0.717) is 18.7 Å². The predicted molar refractivity (Wildman–Crippen MR) is 94.3 cm³/mol. The molecule has 0 saturated heterocycles. The number of nitrogens with one attached hydrogen (secondary N) is 1. The second kappa shape index (κ2) is 9.80.